The lowest BCUT2D eigenvalue weighted by atomic mass is 10.2. The second-order valence-corrected chi connectivity index (χ2v) is 3.07. The van der Waals surface area contributed by atoms with Crippen molar-refractivity contribution in [2.45, 2.75) is 0 Å². The van der Waals surface area contributed by atoms with E-state index in [4.69, 9.17) is 16.3 Å². The van der Waals surface area contributed by atoms with Crippen LogP contribution in [0.1, 0.15) is 10.5 Å². The Balaban J connectivity index is 2.81. The quantitative estimate of drug-likeness (QED) is 0.771. The molecule has 72 valence electrons. The largest absolute Gasteiger partial charge is 0.496 e. The number of aromatic nitrogens is 2. The molecule has 0 aliphatic heterocycles. The minimum Gasteiger partial charge on any atom is -0.496 e. The van der Waals surface area contributed by atoms with E-state index in [0.29, 0.717) is 11.1 Å². The second-order valence-electron chi connectivity index (χ2n) is 2.73. The third kappa shape index (κ3) is 1.24. The van der Waals surface area contributed by atoms with Crippen LogP contribution < -0.4 is 4.74 Å². The lowest BCUT2D eigenvalue weighted by Crippen LogP contribution is -1.91. The zero-order valence-corrected chi connectivity index (χ0v) is 8.13. The molecule has 0 unspecified atom stereocenters. The van der Waals surface area contributed by atoms with Gasteiger partial charge in [0.25, 0.3) is 5.24 Å². The van der Waals surface area contributed by atoms with Crippen LogP contribution in [-0.2, 0) is 0 Å². The first-order chi connectivity index (χ1) is 6.74. The minimum atomic E-state index is -0.597. The van der Waals surface area contributed by atoms with Gasteiger partial charge in [0.15, 0.2) is 5.69 Å². The predicted octanol–water partition coefficient (Wildman–Crippen LogP) is 1.95. The Bertz CT molecular complexity index is 493. The summed E-state index contributed by atoms with van der Waals surface area (Å²) in [7, 11) is 1.53. The van der Waals surface area contributed by atoms with E-state index in [9.17, 15) is 4.79 Å². The van der Waals surface area contributed by atoms with Crippen LogP contribution in [0.4, 0.5) is 0 Å². The number of H-pyrrole nitrogens is 1. The summed E-state index contributed by atoms with van der Waals surface area (Å²) in [6, 6.07) is 5.36. The highest BCUT2D eigenvalue weighted by Gasteiger charge is 2.15. The first-order valence-corrected chi connectivity index (χ1v) is 4.32. The number of carbonyl (C=O) groups is 1. The number of nitrogens with zero attached hydrogens (tertiary/aromatic N) is 1. The molecule has 0 fully saturated rings. The SMILES string of the molecule is COc1cccc2[nH]nc(C(=O)Cl)c12. The number of benzene rings is 1. The Hall–Kier alpha value is -1.55. The summed E-state index contributed by atoms with van der Waals surface area (Å²) in [4.78, 5) is 11.0. The molecular weight excluding hydrogens is 204 g/mol. The van der Waals surface area contributed by atoms with Crippen LogP contribution in [0.3, 0.4) is 0 Å². The number of aromatic amines is 1. The van der Waals surface area contributed by atoms with Gasteiger partial charge in [-0.05, 0) is 23.7 Å². The maximum atomic E-state index is 11.0. The number of ether oxygens (including phenoxy) is 1. The van der Waals surface area contributed by atoms with E-state index < -0.39 is 5.24 Å². The Labute approximate surface area is 84.8 Å². The smallest absolute Gasteiger partial charge is 0.273 e. The van der Waals surface area contributed by atoms with E-state index in [1.165, 1.54) is 7.11 Å². The molecule has 1 aromatic heterocycles. The van der Waals surface area contributed by atoms with Gasteiger partial charge >= 0.3 is 0 Å². The average molecular weight is 211 g/mol. The molecule has 0 saturated carbocycles. The molecule has 2 rings (SSSR count). The van der Waals surface area contributed by atoms with Crippen LogP contribution >= 0.6 is 11.6 Å². The van der Waals surface area contributed by atoms with Gasteiger partial charge in [-0.25, -0.2) is 0 Å². The van der Waals surface area contributed by atoms with Crippen molar-refractivity contribution in [1.82, 2.24) is 10.2 Å². The molecule has 0 aliphatic carbocycles. The van der Waals surface area contributed by atoms with Crippen LogP contribution in [0.15, 0.2) is 18.2 Å². The topological polar surface area (TPSA) is 55.0 Å². The minimum absolute atomic E-state index is 0.194. The van der Waals surface area contributed by atoms with Gasteiger partial charge in [0, 0.05) is 0 Å². The van der Waals surface area contributed by atoms with Crippen LogP contribution in [0.2, 0.25) is 0 Å². The van der Waals surface area contributed by atoms with E-state index >= 15 is 0 Å². The number of halogens is 1. The molecule has 0 radical (unpaired) electrons. The average Bonchev–Trinajstić information content (AvgIpc) is 2.60. The first-order valence-electron chi connectivity index (χ1n) is 3.95. The van der Waals surface area contributed by atoms with Crippen LogP contribution in [0, 0.1) is 0 Å². The molecule has 0 bridgehead atoms. The van der Waals surface area contributed by atoms with Crippen LogP contribution in [0.25, 0.3) is 10.9 Å². The number of methoxy groups -OCH3 is 1. The lowest BCUT2D eigenvalue weighted by molar-refractivity contribution is 0.107. The number of hydrogen-bond donors (Lipinski definition) is 1. The standard InChI is InChI=1S/C9H7ClN2O2/c1-14-6-4-2-3-5-7(6)8(9(10)13)12-11-5/h2-4H,1H3,(H,11,12). The highest BCUT2D eigenvalue weighted by molar-refractivity contribution is 6.68. The second kappa shape index (κ2) is 3.31. The number of nitrogens with one attached hydrogen (secondary N) is 1. The summed E-state index contributed by atoms with van der Waals surface area (Å²) in [5.41, 5.74) is 0.924. The lowest BCUT2D eigenvalue weighted by Gasteiger charge is -2.00. The molecule has 14 heavy (non-hydrogen) atoms. The van der Waals surface area contributed by atoms with E-state index in [1.54, 1.807) is 12.1 Å². The van der Waals surface area contributed by atoms with E-state index in [0.717, 1.165) is 5.52 Å². The van der Waals surface area contributed by atoms with Gasteiger partial charge < -0.3 is 4.74 Å². The Morgan fingerprint density at radius 2 is 2.36 bits per heavy atom. The van der Waals surface area contributed by atoms with E-state index in [2.05, 4.69) is 10.2 Å². The van der Waals surface area contributed by atoms with Crippen molar-refractivity contribution in [2.75, 3.05) is 7.11 Å². The van der Waals surface area contributed by atoms with Crippen molar-refractivity contribution in [3.63, 3.8) is 0 Å². The summed E-state index contributed by atoms with van der Waals surface area (Å²) in [6.07, 6.45) is 0. The number of carbonyl (C=O) groups excluding carboxylic acids is 1. The maximum Gasteiger partial charge on any atom is 0.273 e. The predicted molar refractivity (Wildman–Crippen MR) is 52.8 cm³/mol. The monoisotopic (exact) mass is 210 g/mol. The number of fused-ring (bicyclic) bond motifs is 1. The Morgan fingerprint density at radius 1 is 1.57 bits per heavy atom. The summed E-state index contributed by atoms with van der Waals surface area (Å²) in [5.74, 6) is 0.584. The summed E-state index contributed by atoms with van der Waals surface area (Å²) in [6.45, 7) is 0. The molecule has 4 nitrogen and oxygen atoms in total. The maximum absolute atomic E-state index is 11.0. The molecule has 2 aromatic rings. The fraction of sp³-hybridized carbons (Fsp3) is 0.111. The highest BCUT2D eigenvalue weighted by Crippen LogP contribution is 2.27. The van der Waals surface area contributed by atoms with Crippen LogP contribution in [-0.4, -0.2) is 22.5 Å². The molecule has 0 aliphatic rings. The molecule has 0 spiro atoms. The first kappa shape index (κ1) is 9.02. The molecule has 0 saturated heterocycles. The van der Waals surface area contributed by atoms with Gasteiger partial charge in [-0.1, -0.05) is 6.07 Å². The van der Waals surface area contributed by atoms with E-state index in [-0.39, 0.29) is 5.69 Å². The summed E-state index contributed by atoms with van der Waals surface area (Å²) in [5, 5.41) is 6.55. The third-order valence-corrected chi connectivity index (χ3v) is 2.14. The van der Waals surface area contributed by atoms with E-state index in [1.807, 2.05) is 6.07 Å². The molecule has 0 atom stereocenters. The zero-order chi connectivity index (χ0) is 10.1. The zero-order valence-electron chi connectivity index (χ0n) is 7.37. The number of hydrogen-bond acceptors (Lipinski definition) is 3. The van der Waals surface area contributed by atoms with Crippen molar-refractivity contribution in [3.8, 4) is 5.75 Å². The Morgan fingerprint density at radius 3 is 3.00 bits per heavy atom. The van der Waals surface area contributed by atoms with Crippen LogP contribution in [0.5, 0.6) is 5.75 Å². The number of rotatable bonds is 2. The molecule has 1 N–H and O–H groups in total. The van der Waals surface area contributed by atoms with Gasteiger partial charge in [0.2, 0.25) is 0 Å². The molecule has 5 heteroatoms. The van der Waals surface area contributed by atoms with Gasteiger partial charge in [-0.3, -0.25) is 9.89 Å². The van der Waals surface area contributed by atoms with Crippen molar-refractivity contribution < 1.29 is 9.53 Å². The molecule has 1 heterocycles. The Kier molecular flexibility index (Phi) is 2.13. The molecule has 1 aromatic carbocycles. The normalized spacial score (nSPS) is 10.4. The summed E-state index contributed by atoms with van der Waals surface area (Å²) < 4.78 is 5.11. The van der Waals surface area contributed by atoms with Crippen molar-refractivity contribution in [3.05, 3.63) is 23.9 Å². The van der Waals surface area contributed by atoms with Gasteiger partial charge in [-0.2, -0.15) is 5.10 Å². The highest BCUT2D eigenvalue weighted by atomic mass is 35.5. The van der Waals surface area contributed by atoms with Gasteiger partial charge in [0.1, 0.15) is 5.75 Å². The van der Waals surface area contributed by atoms with Crippen molar-refractivity contribution in [1.29, 1.82) is 0 Å². The van der Waals surface area contributed by atoms with Crippen molar-refractivity contribution in [2.24, 2.45) is 0 Å². The van der Waals surface area contributed by atoms with Gasteiger partial charge in [-0.15, -0.1) is 0 Å². The third-order valence-electron chi connectivity index (χ3n) is 1.96. The molecule has 0 amide bonds. The fourth-order valence-electron chi connectivity index (χ4n) is 1.35. The molecular formula is C9H7ClN2O2. The fourth-order valence-corrected chi connectivity index (χ4v) is 1.49. The van der Waals surface area contributed by atoms with Crippen molar-refractivity contribution >= 4 is 27.7 Å². The summed E-state index contributed by atoms with van der Waals surface area (Å²) >= 11 is 5.38. The van der Waals surface area contributed by atoms with Gasteiger partial charge in [0.05, 0.1) is 18.0 Å².